The van der Waals surface area contributed by atoms with Crippen molar-refractivity contribution in [3.8, 4) is 0 Å². The number of carbonyl (C=O) groups excluding carboxylic acids is 1. The summed E-state index contributed by atoms with van der Waals surface area (Å²) in [6, 6.07) is 0. The zero-order chi connectivity index (χ0) is 10.6. The van der Waals surface area contributed by atoms with Crippen LogP contribution in [0.25, 0.3) is 0 Å². The maximum Gasteiger partial charge on any atom is 0.221 e. The fraction of sp³-hybridized carbons (Fsp3) is 0.917. The van der Waals surface area contributed by atoms with Crippen molar-refractivity contribution < 1.29 is 63.2 Å². The zero-order valence-corrected chi connectivity index (χ0v) is 16.4. The van der Waals surface area contributed by atoms with Gasteiger partial charge in [-0.3, -0.25) is 4.79 Å². The molecule has 0 atom stereocenters. The number of carbonyl (C=O) groups is 1. The van der Waals surface area contributed by atoms with E-state index in [0.717, 1.165) is 12.8 Å². The van der Waals surface area contributed by atoms with Gasteiger partial charge in [-0.05, 0) is 18.0 Å². The predicted octanol–water partition coefficient (Wildman–Crippen LogP) is 4.67. The van der Waals surface area contributed by atoms with Crippen LogP contribution in [-0.4, -0.2) is 5.24 Å². The summed E-state index contributed by atoms with van der Waals surface area (Å²) in [4.78, 5) is 10.4. The molecule has 0 aromatic heterocycles. The fourth-order valence-corrected chi connectivity index (χ4v) is 1.71. The van der Waals surface area contributed by atoms with E-state index >= 15 is 0 Å². The van der Waals surface area contributed by atoms with E-state index in [2.05, 4.69) is 6.92 Å². The van der Waals surface area contributed by atoms with Crippen molar-refractivity contribution >= 4 is 16.8 Å². The maximum absolute atomic E-state index is 10.4. The summed E-state index contributed by atoms with van der Waals surface area (Å²) in [6.07, 6.45) is 12.1. The average molecular weight is 522 g/mol. The Bertz CT molecular complexity index is 146. The normalized spacial score (nSPS) is 8.59. The van der Waals surface area contributed by atoms with Gasteiger partial charge >= 0.3 is 0 Å². The first kappa shape index (κ1) is 27.2. The Labute approximate surface area is 150 Å². The molecule has 0 bridgehead atoms. The van der Waals surface area contributed by atoms with E-state index in [1.54, 1.807) is 0 Å². The second kappa shape index (κ2) is 23.0. The first-order chi connectivity index (χ1) is 6.77. The molecule has 0 aromatic carbocycles. The molecule has 0 aromatic rings. The average Bonchev–Trinajstić information content (AvgIpc) is 2.15. The van der Waals surface area contributed by atoms with E-state index in [1.807, 2.05) is 0 Å². The molecule has 0 aliphatic heterocycles. The van der Waals surface area contributed by atoms with Crippen LogP contribution in [0.15, 0.2) is 0 Å². The minimum absolute atomic E-state index is 0. The number of halogens is 1. The third-order valence-electron chi connectivity index (χ3n) is 2.48. The molecule has 0 unspecified atom stereocenters. The van der Waals surface area contributed by atoms with Crippen LogP contribution >= 0.6 is 11.6 Å². The molecule has 0 spiro atoms. The predicted molar refractivity (Wildman–Crippen MR) is 62.7 cm³/mol. The van der Waals surface area contributed by atoms with Gasteiger partial charge in [0.1, 0.15) is 0 Å². The second-order valence-electron chi connectivity index (χ2n) is 3.93. The van der Waals surface area contributed by atoms with Gasteiger partial charge in [0.05, 0.1) is 0 Å². The van der Waals surface area contributed by atoms with Crippen LogP contribution in [0.1, 0.15) is 71.1 Å². The van der Waals surface area contributed by atoms with Crippen LogP contribution in [-0.2, 0) is 63.2 Å². The smallest absolute Gasteiger partial charge is 0.221 e. The molecule has 1 nitrogen and oxygen atoms in total. The van der Waals surface area contributed by atoms with E-state index in [0.29, 0.717) is 6.42 Å². The number of rotatable bonds is 10. The third-order valence-corrected chi connectivity index (χ3v) is 2.67. The van der Waals surface area contributed by atoms with Gasteiger partial charge in [0.2, 0.25) is 5.24 Å². The standard InChI is InChI=1S/C12H23ClO.3Ru/c1-2-3-4-5-6-7-8-9-10-11-12(13)14;;;/h2-11H2,1H3;;;. The van der Waals surface area contributed by atoms with Crippen molar-refractivity contribution in [2.45, 2.75) is 71.1 Å². The molecule has 0 N–H and O–H groups in total. The molecule has 108 valence electrons. The van der Waals surface area contributed by atoms with Gasteiger partial charge in [0.15, 0.2) is 0 Å². The van der Waals surface area contributed by atoms with E-state index in [1.165, 1.54) is 44.9 Å². The van der Waals surface area contributed by atoms with Crippen molar-refractivity contribution in [3.63, 3.8) is 0 Å². The number of unbranched alkanes of at least 4 members (excludes halogenated alkanes) is 8. The molecule has 0 aliphatic carbocycles. The van der Waals surface area contributed by atoms with Gasteiger partial charge in [-0.15, -0.1) is 0 Å². The number of hydrogen-bond acceptors (Lipinski definition) is 1. The first-order valence-electron chi connectivity index (χ1n) is 5.95. The van der Waals surface area contributed by atoms with E-state index in [-0.39, 0.29) is 63.7 Å². The van der Waals surface area contributed by atoms with Gasteiger partial charge in [-0.2, -0.15) is 0 Å². The molecule has 0 radical (unpaired) electrons. The van der Waals surface area contributed by atoms with Gasteiger partial charge in [0.25, 0.3) is 0 Å². The Hall–Kier alpha value is 1.83. The van der Waals surface area contributed by atoms with E-state index in [4.69, 9.17) is 11.6 Å². The molecular formula is C12H23ClORu3. The van der Waals surface area contributed by atoms with Gasteiger partial charge in [-0.1, -0.05) is 58.3 Å². The maximum atomic E-state index is 10.4. The zero-order valence-electron chi connectivity index (χ0n) is 10.4. The summed E-state index contributed by atoms with van der Waals surface area (Å²) in [5.74, 6) is 0. The molecule has 0 aliphatic rings. The monoisotopic (exact) mass is 524 g/mol. The van der Waals surface area contributed by atoms with Crippen LogP contribution in [0.5, 0.6) is 0 Å². The molecule has 0 rings (SSSR count). The third kappa shape index (κ3) is 27.1. The summed E-state index contributed by atoms with van der Waals surface area (Å²) in [7, 11) is 0. The molecule has 5 heteroatoms. The molecular weight excluding hydrogens is 499 g/mol. The Morgan fingerprint density at radius 2 is 1.12 bits per heavy atom. The van der Waals surface area contributed by atoms with Crippen LogP contribution in [0.3, 0.4) is 0 Å². The largest absolute Gasteiger partial charge is 0.281 e. The SMILES string of the molecule is CCCCCCCCCCCC(=O)Cl.[Ru].[Ru].[Ru]. The van der Waals surface area contributed by atoms with Crippen molar-refractivity contribution in [2.75, 3.05) is 0 Å². The topological polar surface area (TPSA) is 17.1 Å². The van der Waals surface area contributed by atoms with Crippen molar-refractivity contribution in [3.05, 3.63) is 0 Å². The molecule has 0 saturated heterocycles. The van der Waals surface area contributed by atoms with E-state index in [9.17, 15) is 4.79 Å². The molecule has 0 amide bonds. The van der Waals surface area contributed by atoms with Crippen LogP contribution in [0.4, 0.5) is 0 Å². The summed E-state index contributed by atoms with van der Waals surface area (Å²) in [6.45, 7) is 2.24. The first-order valence-corrected chi connectivity index (χ1v) is 6.33. The Morgan fingerprint density at radius 3 is 1.47 bits per heavy atom. The van der Waals surface area contributed by atoms with Crippen LogP contribution in [0, 0.1) is 0 Å². The summed E-state index contributed by atoms with van der Waals surface area (Å²) in [5, 5.41) is -0.187. The fourth-order valence-electron chi connectivity index (χ4n) is 1.57. The Kier molecular flexibility index (Phi) is 36.8. The van der Waals surface area contributed by atoms with Crippen LogP contribution < -0.4 is 0 Å². The van der Waals surface area contributed by atoms with Gasteiger partial charge < -0.3 is 0 Å². The number of hydrogen-bond donors (Lipinski definition) is 0. The van der Waals surface area contributed by atoms with E-state index < -0.39 is 0 Å². The van der Waals surface area contributed by atoms with Crippen molar-refractivity contribution in [1.82, 2.24) is 0 Å². The molecule has 0 saturated carbocycles. The molecule has 17 heavy (non-hydrogen) atoms. The Balaban J connectivity index is -0.000000282. The minimum atomic E-state index is -0.187. The van der Waals surface area contributed by atoms with Crippen molar-refractivity contribution in [2.24, 2.45) is 0 Å². The van der Waals surface area contributed by atoms with Crippen LogP contribution in [0.2, 0.25) is 0 Å². The Morgan fingerprint density at radius 1 is 0.765 bits per heavy atom. The minimum Gasteiger partial charge on any atom is -0.281 e. The summed E-state index contributed by atoms with van der Waals surface area (Å²) < 4.78 is 0. The molecule has 0 heterocycles. The van der Waals surface area contributed by atoms with Crippen molar-refractivity contribution in [1.29, 1.82) is 0 Å². The van der Waals surface area contributed by atoms with Gasteiger partial charge in [-0.25, -0.2) is 0 Å². The summed E-state index contributed by atoms with van der Waals surface area (Å²) in [5.41, 5.74) is 0. The second-order valence-corrected chi connectivity index (χ2v) is 4.36. The molecule has 0 fully saturated rings. The quantitative estimate of drug-likeness (QED) is 0.232. The van der Waals surface area contributed by atoms with Gasteiger partial charge in [0, 0.05) is 64.9 Å². The summed E-state index contributed by atoms with van der Waals surface area (Å²) >= 11 is 5.24.